The maximum atomic E-state index is 11.1. The number of phenolic OH excluding ortho intramolecular Hbond substituents is 2. The van der Waals surface area contributed by atoms with E-state index >= 15 is 0 Å². The third-order valence-corrected chi connectivity index (χ3v) is 3.59. The number of carbonyl (C=O) groups is 2. The lowest BCUT2D eigenvalue weighted by molar-refractivity contribution is -0.139. The number of allylic oxidation sites excluding steroid dienone is 2. The van der Waals surface area contributed by atoms with E-state index in [-0.39, 0.29) is 23.6 Å². The number of benzene rings is 1. The fourth-order valence-corrected chi connectivity index (χ4v) is 2.29. The largest absolute Gasteiger partial charge is 0.504 e. The summed E-state index contributed by atoms with van der Waals surface area (Å²) in [6.07, 6.45) is 5.16. The Bertz CT molecular complexity index is 766. The highest BCUT2D eigenvalue weighted by Crippen LogP contribution is 2.25. The lowest BCUT2D eigenvalue weighted by atomic mass is 10.00. The van der Waals surface area contributed by atoms with Crippen LogP contribution in [0.4, 0.5) is 0 Å². The van der Waals surface area contributed by atoms with Crippen LogP contribution < -0.4 is 5.32 Å². The summed E-state index contributed by atoms with van der Waals surface area (Å²) in [4.78, 5) is 26.3. The molecule has 1 aromatic rings. The zero-order valence-electron chi connectivity index (χ0n) is 13.2. The summed E-state index contributed by atoms with van der Waals surface area (Å²) in [7, 11) is 0. The van der Waals surface area contributed by atoms with Gasteiger partial charge in [-0.1, -0.05) is 6.07 Å². The van der Waals surface area contributed by atoms with Gasteiger partial charge >= 0.3 is 11.9 Å². The molecular formula is C17H18N2O6. The molecule has 0 saturated carbocycles. The Balaban J connectivity index is 1.97. The molecule has 0 aromatic heterocycles. The first-order valence-corrected chi connectivity index (χ1v) is 7.51. The number of nitrogens with one attached hydrogen (secondary N) is 1. The van der Waals surface area contributed by atoms with Gasteiger partial charge in [0.25, 0.3) is 0 Å². The van der Waals surface area contributed by atoms with Crippen LogP contribution in [0.15, 0.2) is 46.6 Å². The van der Waals surface area contributed by atoms with E-state index in [1.807, 2.05) is 0 Å². The number of carboxylic acid groups (broad SMARTS) is 2. The molecule has 8 nitrogen and oxygen atoms in total. The van der Waals surface area contributed by atoms with E-state index in [9.17, 15) is 19.8 Å². The van der Waals surface area contributed by atoms with E-state index in [4.69, 9.17) is 10.2 Å². The predicted molar refractivity (Wildman–Crippen MR) is 89.8 cm³/mol. The monoisotopic (exact) mass is 346 g/mol. The van der Waals surface area contributed by atoms with Crippen molar-refractivity contribution in [2.45, 2.75) is 18.9 Å². The van der Waals surface area contributed by atoms with Gasteiger partial charge in [0.05, 0.1) is 0 Å². The van der Waals surface area contributed by atoms with Gasteiger partial charge in [0, 0.05) is 19.2 Å². The van der Waals surface area contributed by atoms with Gasteiger partial charge in [-0.3, -0.25) is 4.99 Å². The summed E-state index contributed by atoms with van der Waals surface area (Å²) < 4.78 is 0. The second-order valence-electron chi connectivity index (χ2n) is 5.47. The topological polar surface area (TPSA) is 139 Å². The van der Waals surface area contributed by atoms with Crippen LogP contribution in [0.1, 0.15) is 12.0 Å². The van der Waals surface area contributed by atoms with Gasteiger partial charge in [0.2, 0.25) is 0 Å². The smallest absolute Gasteiger partial charge is 0.351 e. The zero-order chi connectivity index (χ0) is 18.4. The van der Waals surface area contributed by atoms with Crippen LogP contribution in [0.5, 0.6) is 11.5 Å². The second-order valence-corrected chi connectivity index (χ2v) is 5.47. The molecule has 0 saturated heterocycles. The number of aliphatic carboxylic acids is 2. The van der Waals surface area contributed by atoms with Crippen LogP contribution in [-0.2, 0) is 16.0 Å². The van der Waals surface area contributed by atoms with Crippen molar-refractivity contribution in [3.63, 3.8) is 0 Å². The highest BCUT2D eigenvalue weighted by atomic mass is 16.4. The summed E-state index contributed by atoms with van der Waals surface area (Å²) in [6.45, 7) is 0.421. The molecule has 0 radical (unpaired) electrons. The zero-order valence-corrected chi connectivity index (χ0v) is 13.2. The van der Waals surface area contributed by atoms with Gasteiger partial charge < -0.3 is 25.7 Å². The molecule has 1 aromatic carbocycles. The van der Waals surface area contributed by atoms with Crippen LogP contribution in [0.2, 0.25) is 0 Å². The van der Waals surface area contributed by atoms with Crippen LogP contribution in [-0.4, -0.2) is 51.2 Å². The van der Waals surface area contributed by atoms with E-state index < -0.39 is 18.0 Å². The minimum absolute atomic E-state index is 0.157. The van der Waals surface area contributed by atoms with Gasteiger partial charge in [0.15, 0.2) is 11.5 Å². The lowest BCUT2D eigenvalue weighted by Crippen LogP contribution is -2.41. The Hall–Kier alpha value is -3.29. The van der Waals surface area contributed by atoms with Crippen LogP contribution in [0.3, 0.4) is 0 Å². The average Bonchev–Trinajstić information content (AvgIpc) is 2.57. The van der Waals surface area contributed by atoms with Gasteiger partial charge in [-0.2, -0.15) is 0 Å². The van der Waals surface area contributed by atoms with E-state index in [1.165, 1.54) is 24.4 Å². The highest BCUT2D eigenvalue weighted by molar-refractivity contribution is 5.89. The number of carboxylic acids is 2. The third kappa shape index (κ3) is 5.10. The molecular weight excluding hydrogens is 328 g/mol. The van der Waals surface area contributed by atoms with Crippen molar-refractivity contribution in [2.75, 3.05) is 6.54 Å². The van der Waals surface area contributed by atoms with Gasteiger partial charge in [-0.25, -0.2) is 9.59 Å². The molecule has 1 aliphatic heterocycles. The lowest BCUT2D eigenvalue weighted by Gasteiger charge is -2.21. The van der Waals surface area contributed by atoms with Crippen molar-refractivity contribution in [1.82, 2.24) is 5.32 Å². The molecule has 0 spiro atoms. The molecule has 25 heavy (non-hydrogen) atoms. The SMILES string of the molecule is O=C(O)C1=C/C(=C/C=NCCc2ccc(O)c(O)c2)C[C@H](C(=O)O)N1. The Morgan fingerprint density at radius 2 is 2.00 bits per heavy atom. The number of hydrogen-bond acceptors (Lipinski definition) is 6. The van der Waals surface area contributed by atoms with E-state index in [2.05, 4.69) is 10.3 Å². The number of nitrogens with zero attached hydrogens (tertiary/aromatic N) is 1. The summed E-state index contributed by atoms with van der Waals surface area (Å²) in [6, 6.07) is 3.54. The van der Waals surface area contributed by atoms with Crippen molar-refractivity contribution < 1.29 is 30.0 Å². The number of aromatic hydroxyl groups is 2. The third-order valence-electron chi connectivity index (χ3n) is 3.59. The number of aliphatic imine (C=N–C) groups is 1. The van der Waals surface area contributed by atoms with Gasteiger partial charge in [0.1, 0.15) is 11.7 Å². The van der Waals surface area contributed by atoms with Crippen LogP contribution >= 0.6 is 0 Å². The quantitative estimate of drug-likeness (QED) is 0.383. The number of hydrogen-bond donors (Lipinski definition) is 5. The molecule has 2 rings (SSSR count). The van der Waals surface area contributed by atoms with Crippen LogP contribution in [0.25, 0.3) is 0 Å². The fourth-order valence-electron chi connectivity index (χ4n) is 2.29. The normalized spacial score (nSPS) is 18.8. The van der Waals surface area contributed by atoms with Crippen molar-refractivity contribution >= 4 is 18.2 Å². The van der Waals surface area contributed by atoms with Crippen molar-refractivity contribution in [1.29, 1.82) is 0 Å². The standard InChI is InChI=1S/C17H18N2O6/c20-14-2-1-10(9-15(14)21)3-5-18-6-4-11-7-12(16(22)23)19-13(8-11)17(24)25/h1-2,4,6-7,9,13,19-21H,3,5,8H2,(H,22,23)(H,24,25)/b11-4-,18-6?/t13-/m1/s1. The Kier molecular flexibility index (Phi) is 5.78. The maximum Gasteiger partial charge on any atom is 0.351 e. The van der Waals surface area contributed by atoms with Crippen molar-refractivity contribution in [3.05, 3.63) is 47.2 Å². The Morgan fingerprint density at radius 1 is 1.24 bits per heavy atom. The van der Waals surface area contributed by atoms with Crippen LogP contribution in [0, 0.1) is 0 Å². The first-order chi connectivity index (χ1) is 11.9. The first kappa shape index (κ1) is 18.1. The summed E-state index contributed by atoms with van der Waals surface area (Å²) in [5.74, 6) is -2.72. The molecule has 0 fully saturated rings. The summed E-state index contributed by atoms with van der Waals surface area (Å²) in [5, 5.41) is 39.2. The molecule has 0 unspecified atom stereocenters. The minimum atomic E-state index is -1.22. The Labute approximate surface area is 143 Å². The fraction of sp³-hybridized carbons (Fsp3) is 0.235. The first-order valence-electron chi connectivity index (χ1n) is 7.51. The highest BCUT2D eigenvalue weighted by Gasteiger charge is 2.26. The molecule has 1 heterocycles. The molecule has 0 amide bonds. The average molecular weight is 346 g/mol. The second kappa shape index (κ2) is 8.00. The number of rotatable bonds is 6. The molecule has 8 heteroatoms. The summed E-state index contributed by atoms with van der Waals surface area (Å²) >= 11 is 0. The van der Waals surface area contributed by atoms with Crippen molar-refractivity contribution in [2.24, 2.45) is 4.99 Å². The van der Waals surface area contributed by atoms with E-state index in [0.29, 0.717) is 18.5 Å². The van der Waals surface area contributed by atoms with Gasteiger partial charge in [-0.15, -0.1) is 0 Å². The summed E-state index contributed by atoms with van der Waals surface area (Å²) in [5.41, 5.74) is 1.19. The predicted octanol–water partition coefficient (Wildman–Crippen LogP) is 1.05. The molecule has 0 bridgehead atoms. The molecule has 132 valence electrons. The number of phenols is 2. The Morgan fingerprint density at radius 3 is 2.64 bits per heavy atom. The van der Waals surface area contributed by atoms with E-state index in [1.54, 1.807) is 12.1 Å². The minimum Gasteiger partial charge on any atom is -0.504 e. The molecule has 5 N–H and O–H groups in total. The van der Waals surface area contributed by atoms with Crippen molar-refractivity contribution in [3.8, 4) is 11.5 Å². The molecule has 0 aliphatic carbocycles. The molecule has 1 aliphatic rings. The van der Waals surface area contributed by atoms with Gasteiger partial charge in [-0.05, 0) is 41.8 Å². The maximum absolute atomic E-state index is 11.1. The molecule has 1 atom stereocenters. The van der Waals surface area contributed by atoms with E-state index in [0.717, 1.165) is 5.56 Å².